The minimum absolute atomic E-state index is 0.0201. The van der Waals surface area contributed by atoms with Gasteiger partial charge < -0.3 is 19.5 Å². The lowest BCUT2D eigenvalue weighted by Gasteiger charge is -2.29. The second-order valence-electron chi connectivity index (χ2n) is 7.62. The molecule has 160 valence electrons. The van der Waals surface area contributed by atoms with E-state index >= 15 is 0 Å². The summed E-state index contributed by atoms with van der Waals surface area (Å²) in [5.74, 6) is 1.60. The lowest BCUT2D eigenvalue weighted by molar-refractivity contribution is 0.482. The lowest BCUT2D eigenvalue weighted by atomic mass is 10.0. The SMILES string of the molecule is CCn1cccc1[C@H]1[C@H](c2ccccn2)NC(=S)N1c1ccc(Oc2ccccc2)cc1. The Balaban J connectivity index is 1.50. The van der Waals surface area contributed by atoms with Crippen LogP contribution in [0.2, 0.25) is 0 Å². The Morgan fingerprint density at radius 3 is 2.38 bits per heavy atom. The van der Waals surface area contributed by atoms with Crippen LogP contribution < -0.4 is 15.0 Å². The van der Waals surface area contributed by atoms with E-state index in [9.17, 15) is 0 Å². The molecular formula is C26H24N4OS. The number of nitrogens with zero attached hydrogens (tertiary/aromatic N) is 3. The first-order valence-electron chi connectivity index (χ1n) is 10.7. The van der Waals surface area contributed by atoms with E-state index in [2.05, 4.69) is 57.2 Å². The van der Waals surface area contributed by atoms with Gasteiger partial charge in [0, 0.05) is 30.3 Å². The van der Waals surface area contributed by atoms with Gasteiger partial charge in [0.25, 0.3) is 0 Å². The van der Waals surface area contributed by atoms with Crippen LogP contribution >= 0.6 is 12.2 Å². The van der Waals surface area contributed by atoms with Crippen LogP contribution in [0.4, 0.5) is 5.69 Å². The minimum atomic E-state index is -0.0517. The van der Waals surface area contributed by atoms with Crippen LogP contribution in [0.25, 0.3) is 0 Å². The van der Waals surface area contributed by atoms with E-state index in [1.54, 1.807) is 0 Å². The molecule has 2 aromatic heterocycles. The monoisotopic (exact) mass is 440 g/mol. The fraction of sp³-hybridized carbons (Fsp3) is 0.154. The molecule has 3 heterocycles. The van der Waals surface area contributed by atoms with Gasteiger partial charge in [0.1, 0.15) is 17.5 Å². The highest BCUT2D eigenvalue weighted by Crippen LogP contribution is 2.42. The average molecular weight is 441 g/mol. The summed E-state index contributed by atoms with van der Waals surface area (Å²) < 4.78 is 8.23. The van der Waals surface area contributed by atoms with Crippen molar-refractivity contribution >= 4 is 23.0 Å². The predicted octanol–water partition coefficient (Wildman–Crippen LogP) is 5.87. The predicted molar refractivity (Wildman–Crippen MR) is 131 cm³/mol. The van der Waals surface area contributed by atoms with E-state index in [4.69, 9.17) is 17.0 Å². The first-order chi connectivity index (χ1) is 15.7. The van der Waals surface area contributed by atoms with Crippen molar-refractivity contribution in [2.45, 2.75) is 25.6 Å². The highest BCUT2D eigenvalue weighted by atomic mass is 32.1. The Bertz CT molecular complexity index is 1190. The Kier molecular flexibility index (Phi) is 5.60. The quantitative estimate of drug-likeness (QED) is 0.380. The van der Waals surface area contributed by atoms with Crippen molar-refractivity contribution < 1.29 is 4.74 Å². The fourth-order valence-electron chi connectivity index (χ4n) is 4.22. The van der Waals surface area contributed by atoms with Crippen molar-refractivity contribution in [3.63, 3.8) is 0 Å². The molecule has 0 spiro atoms. The molecule has 1 aliphatic rings. The topological polar surface area (TPSA) is 42.3 Å². The number of nitrogens with one attached hydrogen (secondary N) is 1. The molecule has 32 heavy (non-hydrogen) atoms. The lowest BCUT2D eigenvalue weighted by Crippen LogP contribution is -2.30. The van der Waals surface area contributed by atoms with Crippen LogP contribution in [-0.2, 0) is 6.54 Å². The fourth-order valence-corrected chi connectivity index (χ4v) is 4.56. The number of aryl methyl sites for hydroxylation is 1. The zero-order valence-corrected chi connectivity index (χ0v) is 18.6. The van der Waals surface area contributed by atoms with E-state index in [0.717, 1.165) is 29.4 Å². The molecule has 1 saturated heterocycles. The van der Waals surface area contributed by atoms with Crippen LogP contribution in [-0.4, -0.2) is 14.7 Å². The second-order valence-corrected chi connectivity index (χ2v) is 8.01. The average Bonchev–Trinajstić information content (AvgIpc) is 3.44. The maximum Gasteiger partial charge on any atom is 0.174 e. The smallest absolute Gasteiger partial charge is 0.174 e. The summed E-state index contributed by atoms with van der Waals surface area (Å²) in [6.07, 6.45) is 3.94. The van der Waals surface area contributed by atoms with Crippen LogP contribution in [0.1, 0.15) is 30.4 Å². The van der Waals surface area contributed by atoms with Crippen molar-refractivity contribution in [1.82, 2.24) is 14.9 Å². The molecule has 2 atom stereocenters. The summed E-state index contributed by atoms with van der Waals surface area (Å²) in [6, 6.07) is 28.0. The van der Waals surface area contributed by atoms with Crippen LogP contribution in [0, 0.1) is 0 Å². The number of hydrogen-bond donors (Lipinski definition) is 1. The first-order valence-corrected chi connectivity index (χ1v) is 11.1. The molecule has 2 aromatic carbocycles. The number of thiocarbonyl (C=S) groups is 1. The first kappa shape index (κ1) is 20.3. The van der Waals surface area contributed by atoms with Gasteiger partial charge in [-0.1, -0.05) is 24.3 Å². The number of anilines is 1. The molecule has 0 aliphatic carbocycles. The van der Waals surface area contributed by atoms with Crippen molar-refractivity contribution in [3.05, 3.63) is 109 Å². The van der Waals surface area contributed by atoms with Crippen molar-refractivity contribution in [2.75, 3.05) is 4.90 Å². The van der Waals surface area contributed by atoms with Crippen molar-refractivity contribution in [2.24, 2.45) is 0 Å². The maximum absolute atomic E-state index is 5.97. The van der Waals surface area contributed by atoms with E-state index in [1.807, 2.05) is 66.9 Å². The number of hydrogen-bond acceptors (Lipinski definition) is 3. The minimum Gasteiger partial charge on any atom is -0.457 e. The number of ether oxygens (including phenoxy) is 1. The molecular weight excluding hydrogens is 416 g/mol. The van der Waals surface area contributed by atoms with Gasteiger partial charge in [0.15, 0.2) is 5.11 Å². The highest BCUT2D eigenvalue weighted by molar-refractivity contribution is 7.80. The van der Waals surface area contributed by atoms with Gasteiger partial charge in [-0.3, -0.25) is 4.98 Å². The Labute approximate surface area is 193 Å². The van der Waals surface area contributed by atoms with E-state index in [-0.39, 0.29) is 12.1 Å². The van der Waals surface area contributed by atoms with Crippen LogP contribution in [0.3, 0.4) is 0 Å². The van der Waals surface area contributed by atoms with Gasteiger partial charge in [0.2, 0.25) is 0 Å². The van der Waals surface area contributed by atoms with E-state index in [0.29, 0.717) is 5.11 Å². The molecule has 1 fully saturated rings. The van der Waals surface area contributed by atoms with Gasteiger partial charge in [-0.2, -0.15) is 0 Å². The number of rotatable bonds is 6. The molecule has 0 amide bonds. The molecule has 6 heteroatoms. The van der Waals surface area contributed by atoms with Gasteiger partial charge in [-0.15, -0.1) is 0 Å². The highest BCUT2D eigenvalue weighted by Gasteiger charge is 2.41. The number of aromatic nitrogens is 2. The molecule has 4 aromatic rings. The number of para-hydroxylation sites is 1. The third kappa shape index (κ3) is 3.85. The Morgan fingerprint density at radius 2 is 1.66 bits per heavy atom. The molecule has 0 radical (unpaired) electrons. The standard InChI is InChI=1S/C26H24N4OS/c1-2-29-18-8-12-23(29)25-24(22-11-6-7-17-27-22)28-26(32)30(25)19-13-15-21(16-14-19)31-20-9-4-3-5-10-20/h3-18,24-25H,2H2,1H3,(H,28,32)/t24-,25-/m0/s1. The number of pyridine rings is 1. The van der Waals surface area contributed by atoms with Gasteiger partial charge in [-0.25, -0.2) is 0 Å². The summed E-state index contributed by atoms with van der Waals surface area (Å²) in [7, 11) is 0. The Morgan fingerprint density at radius 1 is 0.906 bits per heavy atom. The number of benzene rings is 2. The molecule has 5 rings (SSSR count). The largest absolute Gasteiger partial charge is 0.457 e. The maximum atomic E-state index is 5.97. The second kappa shape index (κ2) is 8.85. The van der Waals surface area contributed by atoms with E-state index in [1.165, 1.54) is 5.69 Å². The normalized spacial score (nSPS) is 17.9. The summed E-state index contributed by atoms with van der Waals surface area (Å²) in [5.41, 5.74) is 3.17. The van der Waals surface area contributed by atoms with Crippen LogP contribution in [0.15, 0.2) is 97.3 Å². The summed E-state index contributed by atoms with van der Waals surface area (Å²) >= 11 is 5.81. The molecule has 1 N–H and O–H groups in total. The third-order valence-corrected chi connectivity index (χ3v) is 6.01. The summed E-state index contributed by atoms with van der Waals surface area (Å²) in [5, 5.41) is 4.20. The van der Waals surface area contributed by atoms with Crippen molar-refractivity contribution in [3.8, 4) is 11.5 Å². The molecule has 0 bridgehead atoms. The zero-order chi connectivity index (χ0) is 21.9. The van der Waals surface area contributed by atoms with E-state index < -0.39 is 0 Å². The third-order valence-electron chi connectivity index (χ3n) is 5.70. The van der Waals surface area contributed by atoms with Gasteiger partial charge >= 0.3 is 0 Å². The molecule has 1 aliphatic heterocycles. The molecule has 0 unspecified atom stereocenters. The summed E-state index contributed by atoms with van der Waals surface area (Å²) in [6.45, 7) is 3.04. The van der Waals surface area contributed by atoms with Crippen molar-refractivity contribution in [1.29, 1.82) is 0 Å². The van der Waals surface area contributed by atoms with Gasteiger partial charge in [-0.05, 0) is 79.8 Å². The Hall–Kier alpha value is -3.64. The zero-order valence-electron chi connectivity index (χ0n) is 17.8. The summed E-state index contributed by atoms with van der Waals surface area (Å²) in [4.78, 5) is 6.80. The molecule has 5 nitrogen and oxygen atoms in total. The van der Waals surface area contributed by atoms with Crippen LogP contribution in [0.5, 0.6) is 11.5 Å². The van der Waals surface area contributed by atoms with Gasteiger partial charge in [0.05, 0.1) is 11.7 Å². The molecule has 0 saturated carbocycles.